The second-order valence-electron chi connectivity index (χ2n) is 4.80. The maximum atomic E-state index is 12.0. The molecule has 1 atom stereocenters. The van der Waals surface area contributed by atoms with Gasteiger partial charge in [-0.15, -0.1) is 0 Å². The summed E-state index contributed by atoms with van der Waals surface area (Å²) >= 11 is 0. The van der Waals surface area contributed by atoms with Gasteiger partial charge in [-0.3, -0.25) is 4.79 Å². The Morgan fingerprint density at radius 2 is 2.06 bits per heavy atom. The molecule has 1 aromatic carbocycles. The van der Waals surface area contributed by atoms with Crippen LogP contribution in [0.5, 0.6) is 5.75 Å². The molecule has 0 aliphatic rings. The third-order valence-corrected chi connectivity index (χ3v) is 2.65. The lowest BCUT2D eigenvalue weighted by Crippen LogP contribution is -2.38. The predicted octanol–water partition coefficient (Wildman–Crippen LogP) is 1.80. The SMILES string of the molecule is COc1ccccc1C(=O)NCC(N)CC(C)C. The van der Waals surface area contributed by atoms with Crippen molar-refractivity contribution in [3.63, 3.8) is 0 Å². The minimum Gasteiger partial charge on any atom is -0.496 e. The van der Waals surface area contributed by atoms with Crippen LogP contribution in [0, 0.1) is 5.92 Å². The molecule has 0 heterocycles. The van der Waals surface area contributed by atoms with Gasteiger partial charge in [-0.05, 0) is 24.5 Å². The van der Waals surface area contributed by atoms with E-state index in [1.54, 1.807) is 19.2 Å². The lowest BCUT2D eigenvalue weighted by atomic mass is 10.0. The van der Waals surface area contributed by atoms with Crippen molar-refractivity contribution < 1.29 is 9.53 Å². The van der Waals surface area contributed by atoms with Crippen molar-refractivity contribution in [2.75, 3.05) is 13.7 Å². The van der Waals surface area contributed by atoms with Gasteiger partial charge in [-0.2, -0.15) is 0 Å². The Bertz CT molecular complexity index is 391. The van der Waals surface area contributed by atoms with Crippen LogP contribution in [-0.4, -0.2) is 25.6 Å². The number of nitrogens with one attached hydrogen (secondary N) is 1. The fourth-order valence-corrected chi connectivity index (χ4v) is 1.84. The zero-order chi connectivity index (χ0) is 13.5. The molecule has 1 unspecified atom stereocenters. The normalized spacial score (nSPS) is 12.3. The highest BCUT2D eigenvalue weighted by atomic mass is 16.5. The molecule has 0 aromatic heterocycles. The molecule has 100 valence electrons. The Kier molecular flexibility index (Phi) is 5.65. The summed E-state index contributed by atoms with van der Waals surface area (Å²) in [4.78, 5) is 12.0. The molecular formula is C14H22N2O2. The van der Waals surface area contributed by atoms with Crippen molar-refractivity contribution in [3.8, 4) is 5.75 Å². The van der Waals surface area contributed by atoms with Crippen LogP contribution in [-0.2, 0) is 0 Å². The van der Waals surface area contributed by atoms with E-state index in [-0.39, 0.29) is 11.9 Å². The molecule has 1 rings (SSSR count). The summed E-state index contributed by atoms with van der Waals surface area (Å²) in [6.07, 6.45) is 0.895. The van der Waals surface area contributed by atoms with Gasteiger partial charge in [0.1, 0.15) is 5.75 Å². The van der Waals surface area contributed by atoms with Crippen molar-refractivity contribution in [1.82, 2.24) is 5.32 Å². The van der Waals surface area contributed by atoms with E-state index in [4.69, 9.17) is 10.5 Å². The summed E-state index contributed by atoms with van der Waals surface area (Å²) in [6, 6.07) is 7.14. The maximum Gasteiger partial charge on any atom is 0.255 e. The number of para-hydroxylation sites is 1. The van der Waals surface area contributed by atoms with E-state index in [2.05, 4.69) is 19.2 Å². The smallest absolute Gasteiger partial charge is 0.255 e. The molecule has 0 aliphatic carbocycles. The number of amides is 1. The standard InChI is InChI=1S/C14H22N2O2/c1-10(2)8-11(15)9-16-14(17)12-6-4-5-7-13(12)18-3/h4-7,10-11H,8-9,15H2,1-3H3,(H,16,17). The van der Waals surface area contributed by atoms with Gasteiger partial charge in [-0.1, -0.05) is 26.0 Å². The second kappa shape index (κ2) is 7.01. The average molecular weight is 250 g/mol. The fraction of sp³-hybridized carbons (Fsp3) is 0.500. The molecule has 1 amide bonds. The van der Waals surface area contributed by atoms with E-state index in [9.17, 15) is 4.79 Å². The van der Waals surface area contributed by atoms with Gasteiger partial charge >= 0.3 is 0 Å². The number of ether oxygens (including phenoxy) is 1. The topological polar surface area (TPSA) is 64.3 Å². The summed E-state index contributed by atoms with van der Waals surface area (Å²) in [7, 11) is 1.55. The first-order chi connectivity index (χ1) is 8.54. The van der Waals surface area contributed by atoms with Crippen LogP contribution in [0.1, 0.15) is 30.6 Å². The van der Waals surface area contributed by atoms with Gasteiger partial charge in [0.25, 0.3) is 5.91 Å². The van der Waals surface area contributed by atoms with Crippen LogP contribution in [0.3, 0.4) is 0 Å². The number of methoxy groups -OCH3 is 1. The van der Waals surface area contributed by atoms with Crippen molar-refractivity contribution in [2.24, 2.45) is 11.7 Å². The van der Waals surface area contributed by atoms with E-state index < -0.39 is 0 Å². The van der Waals surface area contributed by atoms with Crippen LogP contribution in [0.4, 0.5) is 0 Å². The van der Waals surface area contributed by atoms with Gasteiger partial charge in [0.2, 0.25) is 0 Å². The monoisotopic (exact) mass is 250 g/mol. The first kappa shape index (κ1) is 14.5. The molecular weight excluding hydrogens is 228 g/mol. The second-order valence-corrected chi connectivity index (χ2v) is 4.80. The minimum absolute atomic E-state index is 0.0105. The molecule has 3 N–H and O–H groups in total. The molecule has 0 aliphatic heterocycles. The van der Waals surface area contributed by atoms with Crippen LogP contribution < -0.4 is 15.8 Å². The van der Waals surface area contributed by atoms with Crippen LogP contribution in [0.25, 0.3) is 0 Å². The fourth-order valence-electron chi connectivity index (χ4n) is 1.84. The number of hydrogen-bond acceptors (Lipinski definition) is 3. The molecule has 0 spiro atoms. The lowest BCUT2D eigenvalue weighted by molar-refractivity contribution is 0.0947. The van der Waals surface area contributed by atoms with E-state index in [1.165, 1.54) is 0 Å². The Balaban J connectivity index is 2.55. The Morgan fingerprint density at radius 3 is 2.67 bits per heavy atom. The number of nitrogens with two attached hydrogens (primary N) is 1. The molecule has 0 radical (unpaired) electrons. The number of carbonyl (C=O) groups excluding carboxylic acids is 1. The van der Waals surface area contributed by atoms with Crippen LogP contribution in [0.15, 0.2) is 24.3 Å². The molecule has 0 saturated carbocycles. The average Bonchev–Trinajstić information content (AvgIpc) is 2.35. The van der Waals surface area contributed by atoms with E-state index >= 15 is 0 Å². The van der Waals surface area contributed by atoms with Crippen LogP contribution in [0.2, 0.25) is 0 Å². The number of carbonyl (C=O) groups is 1. The zero-order valence-corrected chi connectivity index (χ0v) is 11.3. The molecule has 0 bridgehead atoms. The summed E-state index contributed by atoms with van der Waals surface area (Å²) in [5.41, 5.74) is 6.46. The third kappa shape index (κ3) is 4.37. The summed E-state index contributed by atoms with van der Waals surface area (Å²) < 4.78 is 5.15. The predicted molar refractivity (Wildman–Crippen MR) is 72.8 cm³/mol. The number of benzene rings is 1. The zero-order valence-electron chi connectivity index (χ0n) is 11.3. The Hall–Kier alpha value is -1.55. The first-order valence-corrected chi connectivity index (χ1v) is 6.21. The molecule has 0 saturated heterocycles. The summed E-state index contributed by atoms with van der Waals surface area (Å²) in [5, 5.41) is 2.83. The number of rotatable bonds is 6. The highest BCUT2D eigenvalue weighted by Gasteiger charge is 2.12. The quantitative estimate of drug-likeness (QED) is 0.809. The minimum atomic E-state index is -0.147. The highest BCUT2D eigenvalue weighted by Crippen LogP contribution is 2.16. The first-order valence-electron chi connectivity index (χ1n) is 6.21. The maximum absolute atomic E-state index is 12.0. The van der Waals surface area contributed by atoms with Gasteiger partial charge in [0.05, 0.1) is 12.7 Å². The third-order valence-electron chi connectivity index (χ3n) is 2.65. The lowest BCUT2D eigenvalue weighted by Gasteiger charge is -2.15. The van der Waals surface area contributed by atoms with E-state index in [0.29, 0.717) is 23.8 Å². The van der Waals surface area contributed by atoms with Crippen LogP contribution >= 0.6 is 0 Å². The number of hydrogen-bond donors (Lipinski definition) is 2. The summed E-state index contributed by atoms with van der Waals surface area (Å²) in [6.45, 7) is 4.71. The van der Waals surface area contributed by atoms with E-state index in [1.807, 2.05) is 12.1 Å². The van der Waals surface area contributed by atoms with Gasteiger partial charge in [0, 0.05) is 12.6 Å². The molecule has 4 heteroatoms. The Labute approximate surface area is 109 Å². The Morgan fingerprint density at radius 1 is 1.39 bits per heavy atom. The van der Waals surface area contributed by atoms with Gasteiger partial charge in [0.15, 0.2) is 0 Å². The molecule has 1 aromatic rings. The molecule has 4 nitrogen and oxygen atoms in total. The summed E-state index contributed by atoms with van der Waals surface area (Å²) in [5.74, 6) is 0.960. The van der Waals surface area contributed by atoms with Crippen molar-refractivity contribution in [3.05, 3.63) is 29.8 Å². The largest absolute Gasteiger partial charge is 0.496 e. The molecule has 0 fully saturated rings. The van der Waals surface area contributed by atoms with Crippen molar-refractivity contribution in [2.45, 2.75) is 26.3 Å². The molecule has 18 heavy (non-hydrogen) atoms. The highest BCUT2D eigenvalue weighted by molar-refractivity contribution is 5.96. The van der Waals surface area contributed by atoms with Gasteiger partial charge < -0.3 is 15.8 Å². The van der Waals surface area contributed by atoms with E-state index in [0.717, 1.165) is 6.42 Å². The van der Waals surface area contributed by atoms with Crippen molar-refractivity contribution >= 4 is 5.91 Å². The van der Waals surface area contributed by atoms with Crippen molar-refractivity contribution in [1.29, 1.82) is 0 Å². The van der Waals surface area contributed by atoms with Gasteiger partial charge in [-0.25, -0.2) is 0 Å².